The van der Waals surface area contributed by atoms with Crippen molar-refractivity contribution < 1.29 is 22.7 Å². The molecule has 0 atom stereocenters. The smallest absolute Gasteiger partial charge is 0.337 e. The predicted molar refractivity (Wildman–Crippen MR) is 106 cm³/mol. The first-order valence-corrected chi connectivity index (χ1v) is 10.3. The van der Waals surface area contributed by atoms with Crippen LogP contribution in [0.15, 0.2) is 41.3 Å². The number of rotatable bonds is 5. The Balaban J connectivity index is 1.90. The molecule has 1 saturated heterocycles. The number of methoxy groups -OCH3 is 1. The number of carbonyl (C=O) groups is 2. The van der Waals surface area contributed by atoms with Crippen molar-refractivity contribution in [3.63, 3.8) is 0 Å². The molecule has 1 N–H and O–H groups in total. The standard InChI is InChI=1S/C20H22N2O5S/c1-13-6-7-15(20(24)27-3)12-18(13)28(25,26)21-16-8-9-17(14(2)11-16)22-10-4-5-19(22)23/h6-9,11-12,21H,4-5,10H2,1-3H3. The van der Waals surface area contributed by atoms with Crippen LogP contribution < -0.4 is 9.62 Å². The number of carbonyl (C=O) groups excluding carboxylic acids is 2. The van der Waals surface area contributed by atoms with Crippen LogP contribution in [-0.2, 0) is 19.6 Å². The van der Waals surface area contributed by atoms with E-state index < -0.39 is 16.0 Å². The van der Waals surface area contributed by atoms with E-state index in [-0.39, 0.29) is 16.4 Å². The van der Waals surface area contributed by atoms with E-state index in [1.54, 1.807) is 36.1 Å². The van der Waals surface area contributed by atoms with Gasteiger partial charge in [0.25, 0.3) is 10.0 Å². The number of nitrogens with one attached hydrogen (secondary N) is 1. The molecule has 2 aromatic rings. The molecule has 148 valence electrons. The SMILES string of the molecule is COC(=O)c1ccc(C)c(S(=O)(=O)Nc2ccc(N3CCCC3=O)c(C)c2)c1. The Bertz CT molecular complexity index is 1050. The maximum absolute atomic E-state index is 12.9. The number of benzene rings is 2. The van der Waals surface area contributed by atoms with Gasteiger partial charge in [-0.05, 0) is 61.7 Å². The summed E-state index contributed by atoms with van der Waals surface area (Å²) in [5.74, 6) is -0.529. The average Bonchev–Trinajstić information content (AvgIpc) is 3.07. The summed E-state index contributed by atoms with van der Waals surface area (Å²) in [6, 6.07) is 9.45. The molecule has 0 unspecified atom stereocenters. The van der Waals surface area contributed by atoms with Crippen molar-refractivity contribution in [2.45, 2.75) is 31.6 Å². The molecule has 1 heterocycles. The summed E-state index contributed by atoms with van der Waals surface area (Å²) in [4.78, 5) is 25.4. The molecule has 0 spiro atoms. The van der Waals surface area contributed by atoms with Crippen molar-refractivity contribution in [3.05, 3.63) is 53.1 Å². The van der Waals surface area contributed by atoms with Crippen LogP contribution >= 0.6 is 0 Å². The number of hydrogen-bond donors (Lipinski definition) is 1. The van der Waals surface area contributed by atoms with Crippen LogP contribution in [0.3, 0.4) is 0 Å². The van der Waals surface area contributed by atoms with Crippen LogP contribution in [0.4, 0.5) is 11.4 Å². The Morgan fingerprint density at radius 1 is 1.11 bits per heavy atom. The second-order valence-electron chi connectivity index (χ2n) is 6.73. The lowest BCUT2D eigenvalue weighted by Crippen LogP contribution is -2.24. The summed E-state index contributed by atoms with van der Waals surface area (Å²) in [6.45, 7) is 4.16. The van der Waals surface area contributed by atoms with E-state index in [2.05, 4.69) is 9.46 Å². The molecule has 1 aliphatic rings. The molecular formula is C20H22N2O5S. The third-order valence-corrected chi connectivity index (χ3v) is 6.24. The first-order valence-electron chi connectivity index (χ1n) is 8.86. The minimum Gasteiger partial charge on any atom is -0.465 e. The molecule has 1 amide bonds. The largest absolute Gasteiger partial charge is 0.465 e. The Labute approximate surface area is 164 Å². The van der Waals surface area contributed by atoms with Crippen LogP contribution in [0.5, 0.6) is 0 Å². The molecule has 1 aliphatic heterocycles. The Hall–Kier alpha value is -2.87. The maximum atomic E-state index is 12.9. The summed E-state index contributed by atoms with van der Waals surface area (Å²) in [6.07, 6.45) is 1.35. The number of nitrogens with zero attached hydrogens (tertiary/aromatic N) is 1. The number of esters is 1. The molecule has 0 bridgehead atoms. The summed E-state index contributed by atoms with van der Waals surface area (Å²) < 4.78 is 32.9. The van der Waals surface area contributed by atoms with E-state index in [1.165, 1.54) is 19.2 Å². The first kappa shape index (κ1) is 19.9. The minimum atomic E-state index is -3.91. The van der Waals surface area contributed by atoms with Gasteiger partial charge in [-0.2, -0.15) is 0 Å². The molecule has 8 heteroatoms. The van der Waals surface area contributed by atoms with Crippen molar-refractivity contribution in [2.75, 3.05) is 23.3 Å². The molecule has 3 rings (SSSR count). The van der Waals surface area contributed by atoms with E-state index in [4.69, 9.17) is 0 Å². The van der Waals surface area contributed by atoms with Gasteiger partial charge in [-0.3, -0.25) is 9.52 Å². The molecule has 0 aromatic heterocycles. The third kappa shape index (κ3) is 3.87. The lowest BCUT2D eigenvalue weighted by atomic mass is 10.1. The van der Waals surface area contributed by atoms with E-state index in [9.17, 15) is 18.0 Å². The quantitative estimate of drug-likeness (QED) is 0.776. The highest BCUT2D eigenvalue weighted by Crippen LogP contribution is 2.29. The Kier molecular flexibility index (Phi) is 5.42. The Morgan fingerprint density at radius 2 is 1.86 bits per heavy atom. The number of sulfonamides is 1. The fourth-order valence-electron chi connectivity index (χ4n) is 3.27. The van der Waals surface area contributed by atoms with Crippen LogP contribution in [0.25, 0.3) is 0 Å². The van der Waals surface area contributed by atoms with Crippen molar-refractivity contribution in [2.24, 2.45) is 0 Å². The molecule has 7 nitrogen and oxygen atoms in total. The van der Waals surface area contributed by atoms with Crippen LogP contribution in [0, 0.1) is 13.8 Å². The maximum Gasteiger partial charge on any atom is 0.337 e. The molecule has 28 heavy (non-hydrogen) atoms. The zero-order valence-electron chi connectivity index (χ0n) is 16.0. The number of amides is 1. The second kappa shape index (κ2) is 7.63. The van der Waals surface area contributed by atoms with E-state index in [1.807, 2.05) is 6.92 Å². The molecule has 0 radical (unpaired) electrons. The van der Waals surface area contributed by atoms with E-state index in [0.717, 1.165) is 17.7 Å². The first-order chi connectivity index (χ1) is 13.2. The van der Waals surface area contributed by atoms with E-state index >= 15 is 0 Å². The highest BCUT2D eigenvalue weighted by Gasteiger charge is 2.24. The highest BCUT2D eigenvalue weighted by atomic mass is 32.2. The number of ether oxygens (including phenoxy) is 1. The van der Waals surface area contributed by atoms with Gasteiger partial charge in [0.2, 0.25) is 5.91 Å². The van der Waals surface area contributed by atoms with Crippen LogP contribution in [0.1, 0.15) is 34.3 Å². The van der Waals surface area contributed by atoms with Gasteiger partial charge in [0, 0.05) is 24.3 Å². The van der Waals surface area contributed by atoms with Gasteiger partial charge >= 0.3 is 5.97 Å². The van der Waals surface area contributed by atoms with Gasteiger partial charge in [-0.1, -0.05) is 6.07 Å². The van der Waals surface area contributed by atoms with Gasteiger partial charge in [-0.25, -0.2) is 13.2 Å². The monoisotopic (exact) mass is 402 g/mol. The minimum absolute atomic E-state index is 0.00634. The lowest BCUT2D eigenvalue weighted by molar-refractivity contribution is -0.117. The van der Waals surface area contributed by atoms with Crippen molar-refractivity contribution in [1.82, 2.24) is 0 Å². The Morgan fingerprint density at radius 3 is 2.46 bits per heavy atom. The highest BCUT2D eigenvalue weighted by molar-refractivity contribution is 7.92. The van der Waals surface area contributed by atoms with Crippen LogP contribution in [0.2, 0.25) is 0 Å². The van der Waals surface area contributed by atoms with Crippen molar-refractivity contribution in [1.29, 1.82) is 0 Å². The zero-order valence-corrected chi connectivity index (χ0v) is 16.8. The normalized spacial score (nSPS) is 14.2. The fraction of sp³-hybridized carbons (Fsp3) is 0.300. The number of hydrogen-bond acceptors (Lipinski definition) is 5. The predicted octanol–water partition coefficient (Wildman–Crippen LogP) is 3.02. The molecular weight excluding hydrogens is 380 g/mol. The molecule has 0 aliphatic carbocycles. The summed E-state index contributed by atoms with van der Waals surface area (Å²) in [7, 11) is -2.67. The second-order valence-corrected chi connectivity index (χ2v) is 8.38. The van der Waals surface area contributed by atoms with Crippen molar-refractivity contribution in [3.8, 4) is 0 Å². The zero-order chi connectivity index (χ0) is 20.5. The fourth-order valence-corrected chi connectivity index (χ4v) is 4.59. The molecule has 0 saturated carbocycles. The van der Waals surface area contributed by atoms with Gasteiger partial charge in [0.15, 0.2) is 0 Å². The van der Waals surface area contributed by atoms with Crippen LogP contribution in [-0.4, -0.2) is 33.9 Å². The number of anilines is 2. The topological polar surface area (TPSA) is 92.8 Å². The summed E-state index contributed by atoms with van der Waals surface area (Å²) >= 11 is 0. The molecule has 2 aromatic carbocycles. The van der Waals surface area contributed by atoms with Gasteiger partial charge in [0.1, 0.15) is 0 Å². The average molecular weight is 402 g/mol. The number of aryl methyl sites for hydroxylation is 2. The third-order valence-electron chi connectivity index (χ3n) is 4.71. The summed E-state index contributed by atoms with van der Waals surface area (Å²) in [5, 5.41) is 0. The van der Waals surface area contributed by atoms with Gasteiger partial charge in [-0.15, -0.1) is 0 Å². The van der Waals surface area contributed by atoms with Gasteiger partial charge in [0.05, 0.1) is 17.6 Å². The lowest BCUT2D eigenvalue weighted by Gasteiger charge is -2.19. The van der Waals surface area contributed by atoms with Crippen molar-refractivity contribution >= 4 is 33.3 Å². The van der Waals surface area contributed by atoms with Gasteiger partial charge < -0.3 is 9.64 Å². The van der Waals surface area contributed by atoms with E-state index in [0.29, 0.717) is 24.2 Å². The molecule has 1 fully saturated rings. The summed E-state index contributed by atoms with van der Waals surface area (Å²) in [5.41, 5.74) is 2.64.